The minimum Gasteiger partial charge on any atom is -0.313 e. The lowest BCUT2D eigenvalue weighted by Crippen LogP contribution is -2.14. The van der Waals surface area contributed by atoms with Crippen molar-refractivity contribution in [1.82, 2.24) is 0 Å². The van der Waals surface area contributed by atoms with Crippen molar-refractivity contribution >= 4 is 11.4 Å². The predicted octanol–water partition coefficient (Wildman–Crippen LogP) is 3.75. The summed E-state index contributed by atoms with van der Waals surface area (Å²) < 4.78 is 13.0. The Labute approximate surface area is 88.8 Å². The Balaban J connectivity index is 2.34. The number of nitrogens with zero attached hydrogens (tertiary/aromatic N) is 1. The van der Waals surface area contributed by atoms with Crippen LogP contribution in [0.1, 0.15) is 0 Å². The van der Waals surface area contributed by atoms with Crippen LogP contribution in [-0.4, -0.2) is 6.80 Å². The van der Waals surface area contributed by atoms with Crippen molar-refractivity contribution in [3.8, 4) is 0 Å². The fraction of sp³-hybridized carbons (Fsp3) is 0.0769. The molecule has 0 spiro atoms. The highest BCUT2D eigenvalue weighted by molar-refractivity contribution is 5.62. The van der Waals surface area contributed by atoms with Crippen molar-refractivity contribution in [3.05, 3.63) is 60.7 Å². The first-order valence-electron chi connectivity index (χ1n) is 4.85. The van der Waals surface area contributed by atoms with Crippen LogP contribution in [0.25, 0.3) is 0 Å². The summed E-state index contributed by atoms with van der Waals surface area (Å²) in [6, 6.07) is 19.0. The van der Waals surface area contributed by atoms with E-state index in [-0.39, 0.29) is 0 Å². The first-order valence-corrected chi connectivity index (χ1v) is 4.85. The third kappa shape index (κ3) is 2.15. The number of anilines is 2. The summed E-state index contributed by atoms with van der Waals surface area (Å²) in [7, 11) is 0. The van der Waals surface area contributed by atoms with Gasteiger partial charge in [-0.1, -0.05) is 36.4 Å². The monoisotopic (exact) mass is 201 g/mol. The molecule has 2 heteroatoms. The van der Waals surface area contributed by atoms with E-state index in [2.05, 4.69) is 0 Å². The number of hydrogen-bond donors (Lipinski definition) is 0. The van der Waals surface area contributed by atoms with Crippen LogP contribution in [0, 0.1) is 0 Å². The topological polar surface area (TPSA) is 3.24 Å². The van der Waals surface area contributed by atoms with Crippen LogP contribution in [0.5, 0.6) is 0 Å². The van der Waals surface area contributed by atoms with E-state index in [4.69, 9.17) is 0 Å². The van der Waals surface area contributed by atoms with Gasteiger partial charge in [0, 0.05) is 11.4 Å². The third-order valence-corrected chi connectivity index (χ3v) is 2.26. The summed E-state index contributed by atoms with van der Waals surface area (Å²) in [6.07, 6.45) is 0. The lowest BCUT2D eigenvalue weighted by molar-refractivity contribution is 0.502. The first-order chi connectivity index (χ1) is 7.42. The minimum absolute atomic E-state index is 0.520. The molecule has 2 aromatic carbocycles. The zero-order chi connectivity index (χ0) is 10.5. The highest BCUT2D eigenvalue weighted by atomic mass is 19.1. The zero-order valence-corrected chi connectivity index (χ0v) is 8.31. The molecule has 0 radical (unpaired) electrons. The van der Waals surface area contributed by atoms with Crippen molar-refractivity contribution in [2.75, 3.05) is 11.7 Å². The lowest BCUT2D eigenvalue weighted by atomic mass is 10.2. The van der Waals surface area contributed by atoms with Gasteiger partial charge in [-0.2, -0.15) is 0 Å². The Hall–Kier alpha value is -1.83. The Morgan fingerprint density at radius 2 is 1.13 bits per heavy atom. The highest BCUT2D eigenvalue weighted by Crippen LogP contribution is 2.24. The number of rotatable bonds is 3. The lowest BCUT2D eigenvalue weighted by Gasteiger charge is -2.20. The second-order valence-corrected chi connectivity index (χ2v) is 3.22. The molecule has 0 aliphatic rings. The summed E-state index contributed by atoms with van der Waals surface area (Å²) in [4.78, 5) is 1.62. The van der Waals surface area contributed by atoms with E-state index in [9.17, 15) is 4.39 Å². The zero-order valence-electron chi connectivity index (χ0n) is 8.31. The van der Waals surface area contributed by atoms with Crippen LogP contribution in [0.2, 0.25) is 0 Å². The molecule has 0 saturated heterocycles. The summed E-state index contributed by atoms with van der Waals surface area (Å²) >= 11 is 0. The van der Waals surface area contributed by atoms with Gasteiger partial charge in [-0.25, -0.2) is 4.39 Å². The molecule has 0 aliphatic heterocycles. The average molecular weight is 201 g/mol. The largest absolute Gasteiger partial charge is 0.313 e. The number of halogens is 1. The van der Waals surface area contributed by atoms with Gasteiger partial charge >= 0.3 is 0 Å². The second kappa shape index (κ2) is 4.60. The molecule has 0 aliphatic carbocycles. The maximum absolute atomic E-state index is 13.0. The van der Waals surface area contributed by atoms with Crippen LogP contribution in [0.3, 0.4) is 0 Å². The van der Waals surface area contributed by atoms with Gasteiger partial charge in [-0.05, 0) is 24.3 Å². The van der Waals surface area contributed by atoms with Gasteiger partial charge in [0.1, 0.15) is 0 Å². The molecule has 76 valence electrons. The molecule has 0 saturated carbocycles. The quantitative estimate of drug-likeness (QED) is 0.683. The van der Waals surface area contributed by atoms with Gasteiger partial charge in [-0.3, -0.25) is 0 Å². The molecule has 0 aromatic heterocycles. The molecule has 0 fully saturated rings. The van der Waals surface area contributed by atoms with Crippen LogP contribution >= 0.6 is 0 Å². The van der Waals surface area contributed by atoms with E-state index < -0.39 is 6.80 Å². The summed E-state index contributed by atoms with van der Waals surface area (Å²) in [5.41, 5.74) is 1.73. The molecule has 2 aromatic rings. The fourth-order valence-corrected chi connectivity index (χ4v) is 1.50. The van der Waals surface area contributed by atoms with Crippen LogP contribution in [-0.2, 0) is 0 Å². The van der Waals surface area contributed by atoms with E-state index in [1.54, 1.807) is 4.90 Å². The minimum atomic E-state index is -0.520. The Kier molecular flexibility index (Phi) is 2.98. The maximum atomic E-state index is 13.0. The van der Waals surface area contributed by atoms with Gasteiger partial charge < -0.3 is 4.90 Å². The van der Waals surface area contributed by atoms with Crippen molar-refractivity contribution in [2.24, 2.45) is 0 Å². The number of alkyl halides is 1. The number of benzene rings is 2. The molecule has 15 heavy (non-hydrogen) atoms. The van der Waals surface area contributed by atoms with Crippen LogP contribution in [0.4, 0.5) is 15.8 Å². The number of hydrogen-bond acceptors (Lipinski definition) is 1. The summed E-state index contributed by atoms with van der Waals surface area (Å²) in [5, 5.41) is 0. The van der Waals surface area contributed by atoms with Crippen molar-refractivity contribution < 1.29 is 4.39 Å². The molecule has 0 unspecified atom stereocenters. The summed E-state index contributed by atoms with van der Waals surface area (Å²) in [5.74, 6) is 0. The van der Waals surface area contributed by atoms with Gasteiger partial charge in [0.05, 0.1) is 0 Å². The van der Waals surface area contributed by atoms with E-state index in [0.29, 0.717) is 0 Å². The van der Waals surface area contributed by atoms with E-state index >= 15 is 0 Å². The highest BCUT2D eigenvalue weighted by Gasteiger charge is 2.06. The van der Waals surface area contributed by atoms with E-state index in [0.717, 1.165) is 11.4 Å². The number of para-hydroxylation sites is 2. The van der Waals surface area contributed by atoms with E-state index in [1.165, 1.54) is 0 Å². The molecule has 1 nitrogen and oxygen atoms in total. The Morgan fingerprint density at radius 1 is 0.733 bits per heavy atom. The Bertz CT molecular complexity index is 360. The first kappa shape index (κ1) is 9.71. The van der Waals surface area contributed by atoms with Gasteiger partial charge in [0.25, 0.3) is 0 Å². The van der Waals surface area contributed by atoms with Crippen molar-refractivity contribution in [3.63, 3.8) is 0 Å². The molecule has 0 atom stereocenters. The molecular weight excluding hydrogens is 189 g/mol. The predicted molar refractivity (Wildman–Crippen MR) is 61.0 cm³/mol. The second-order valence-electron chi connectivity index (χ2n) is 3.22. The molecule has 0 N–H and O–H groups in total. The average Bonchev–Trinajstić information content (AvgIpc) is 2.33. The Morgan fingerprint density at radius 3 is 1.47 bits per heavy atom. The van der Waals surface area contributed by atoms with Gasteiger partial charge in [0.2, 0.25) is 0 Å². The fourth-order valence-electron chi connectivity index (χ4n) is 1.50. The van der Waals surface area contributed by atoms with E-state index in [1.807, 2.05) is 60.7 Å². The van der Waals surface area contributed by atoms with Crippen molar-refractivity contribution in [1.29, 1.82) is 0 Å². The molecule has 2 rings (SSSR count). The van der Waals surface area contributed by atoms with Crippen LogP contribution < -0.4 is 4.90 Å². The normalized spacial score (nSPS) is 9.93. The smallest absolute Gasteiger partial charge is 0.166 e. The third-order valence-electron chi connectivity index (χ3n) is 2.26. The SMILES string of the molecule is FCN(c1ccccc1)c1ccccc1. The summed E-state index contributed by atoms with van der Waals surface area (Å²) in [6.45, 7) is -0.520. The molecule has 0 amide bonds. The molecule has 0 heterocycles. The molecular formula is C13H12FN. The maximum Gasteiger partial charge on any atom is 0.166 e. The van der Waals surface area contributed by atoms with Crippen molar-refractivity contribution in [2.45, 2.75) is 0 Å². The van der Waals surface area contributed by atoms with Crippen LogP contribution in [0.15, 0.2) is 60.7 Å². The van der Waals surface area contributed by atoms with Gasteiger partial charge in [-0.15, -0.1) is 0 Å². The van der Waals surface area contributed by atoms with Gasteiger partial charge in [0.15, 0.2) is 6.80 Å². The molecule has 0 bridgehead atoms. The standard InChI is InChI=1S/C13H12FN/c14-11-15(12-7-3-1-4-8-12)13-9-5-2-6-10-13/h1-10H,11H2.